The molecule has 0 atom stereocenters. The second kappa shape index (κ2) is 19.6. The largest absolute Gasteiger partial charge is 0.363 e. The molecular weight excluding hydrogens is 713 g/mol. The van der Waals surface area contributed by atoms with E-state index in [-0.39, 0.29) is 34.3 Å². The van der Waals surface area contributed by atoms with Crippen LogP contribution in [0.15, 0.2) is 91.1 Å². The van der Waals surface area contributed by atoms with E-state index in [9.17, 15) is 9.59 Å². The Balaban J connectivity index is 0.000000323. The quantitative estimate of drug-likeness (QED) is 0.173. The Morgan fingerprint density at radius 1 is 0.774 bits per heavy atom. The second-order valence-electron chi connectivity index (χ2n) is 11.9. The summed E-state index contributed by atoms with van der Waals surface area (Å²) in [7, 11) is 3.36. The first-order valence-corrected chi connectivity index (χ1v) is 16.7. The van der Waals surface area contributed by atoms with Gasteiger partial charge in [0.05, 0.1) is 23.1 Å². The maximum atomic E-state index is 12.8. The fourth-order valence-electron chi connectivity index (χ4n) is 5.36. The van der Waals surface area contributed by atoms with Crippen molar-refractivity contribution in [1.29, 1.82) is 0 Å². The highest BCUT2D eigenvalue weighted by molar-refractivity contribution is 6.35. The lowest BCUT2D eigenvalue weighted by Gasteiger charge is -2.33. The SMILES string of the molecule is C.C.C.CN(C)C(=O)n1cc(Cc2ccccc2)nn1.O=C(N1CCN(Cc2ccc3ccccc3n2)CC1)n1nnc(Cc2ccc(Cl)cc2Cl)n1. The van der Waals surface area contributed by atoms with Gasteiger partial charge < -0.3 is 9.80 Å². The normalized spacial score (nSPS) is 12.4. The van der Waals surface area contributed by atoms with Gasteiger partial charge in [-0.2, -0.15) is 4.68 Å². The number of para-hydroxylation sites is 1. The van der Waals surface area contributed by atoms with E-state index in [1.54, 1.807) is 37.3 Å². The minimum absolute atomic E-state index is 0. The number of amides is 2. The summed E-state index contributed by atoms with van der Waals surface area (Å²) in [5, 5.41) is 22.2. The number of hydrogen-bond acceptors (Lipinski definition) is 9. The standard InChI is InChI=1S/C23H21Cl2N7O.C12H14N4O.3CH4/c24-18-7-5-17(20(25)14-18)13-22-27-29-32(28-22)23(33)31-11-9-30(10-12-31)15-19-8-6-16-3-1-2-4-21(16)26-19;1-15(2)12(17)16-9-11(13-14-16)8-10-6-4-3-5-7-10;;;/h1-8,14H,9-13,15H2;3-7,9H,8H2,1-2H3;3*1H4. The summed E-state index contributed by atoms with van der Waals surface area (Å²) < 4.78 is 1.25. The number of tetrazole rings is 1. The van der Waals surface area contributed by atoms with Crippen molar-refractivity contribution in [2.45, 2.75) is 41.7 Å². The average molecular weight is 761 g/mol. The van der Waals surface area contributed by atoms with Crippen molar-refractivity contribution in [2.75, 3.05) is 40.3 Å². The van der Waals surface area contributed by atoms with Crippen LogP contribution in [-0.4, -0.2) is 107 Å². The molecule has 13 nitrogen and oxygen atoms in total. The first-order valence-electron chi connectivity index (χ1n) is 16.0. The molecule has 0 spiro atoms. The maximum Gasteiger partial charge on any atom is 0.363 e. The van der Waals surface area contributed by atoms with E-state index in [1.807, 2.05) is 54.6 Å². The molecule has 53 heavy (non-hydrogen) atoms. The number of carbonyl (C=O) groups is 2. The van der Waals surface area contributed by atoms with Crippen molar-refractivity contribution in [2.24, 2.45) is 0 Å². The number of benzene rings is 3. The number of fused-ring (bicyclic) bond motifs is 1. The van der Waals surface area contributed by atoms with E-state index in [1.165, 1.54) is 9.58 Å². The van der Waals surface area contributed by atoms with Gasteiger partial charge in [0.15, 0.2) is 5.82 Å². The van der Waals surface area contributed by atoms with Gasteiger partial charge in [0.2, 0.25) is 0 Å². The summed E-state index contributed by atoms with van der Waals surface area (Å²) in [6, 6.07) is 27.0. The number of piperazine rings is 1. The number of aromatic nitrogens is 8. The molecule has 6 aromatic rings. The Labute approximate surface area is 321 Å². The van der Waals surface area contributed by atoms with Crippen LogP contribution < -0.4 is 0 Å². The molecule has 3 aromatic heterocycles. The fraction of sp³-hybridized carbons (Fsp3) is 0.316. The molecular formula is C38H47Cl2N11O2. The van der Waals surface area contributed by atoms with Gasteiger partial charge in [-0.3, -0.25) is 9.88 Å². The third-order valence-corrected chi connectivity index (χ3v) is 8.61. The molecule has 0 radical (unpaired) electrons. The van der Waals surface area contributed by atoms with Gasteiger partial charge in [-0.1, -0.05) is 116 Å². The zero-order chi connectivity index (χ0) is 35.0. The van der Waals surface area contributed by atoms with Crippen LogP contribution in [0.3, 0.4) is 0 Å². The smallest absolute Gasteiger partial charge is 0.329 e. The molecule has 280 valence electrons. The molecule has 4 heterocycles. The lowest BCUT2D eigenvalue weighted by Crippen LogP contribution is -2.50. The number of rotatable bonds is 6. The molecule has 0 bridgehead atoms. The molecule has 1 fully saturated rings. The van der Waals surface area contributed by atoms with Gasteiger partial charge in [-0.15, -0.1) is 15.3 Å². The number of carbonyl (C=O) groups excluding carboxylic acids is 2. The second-order valence-corrected chi connectivity index (χ2v) is 12.8. The summed E-state index contributed by atoms with van der Waals surface area (Å²) >= 11 is 12.2. The Morgan fingerprint density at radius 2 is 1.49 bits per heavy atom. The summed E-state index contributed by atoms with van der Waals surface area (Å²) in [4.78, 5) is 35.7. The molecule has 1 aliphatic rings. The average Bonchev–Trinajstić information content (AvgIpc) is 3.80. The van der Waals surface area contributed by atoms with E-state index in [0.717, 1.165) is 57.8 Å². The Bertz CT molecular complexity index is 2080. The maximum absolute atomic E-state index is 12.8. The van der Waals surface area contributed by atoms with Crippen molar-refractivity contribution in [3.8, 4) is 0 Å². The lowest BCUT2D eigenvalue weighted by atomic mass is 10.1. The van der Waals surface area contributed by atoms with Crippen molar-refractivity contribution in [3.05, 3.63) is 130 Å². The van der Waals surface area contributed by atoms with Gasteiger partial charge in [-0.25, -0.2) is 9.59 Å². The van der Waals surface area contributed by atoms with Gasteiger partial charge in [-0.05, 0) is 40.6 Å². The van der Waals surface area contributed by atoms with Crippen LogP contribution in [-0.2, 0) is 19.4 Å². The van der Waals surface area contributed by atoms with Crippen molar-refractivity contribution < 1.29 is 9.59 Å². The summed E-state index contributed by atoms with van der Waals surface area (Å²) in [6.45, 7) is 3.43. The van der Waals surface area contributed by atoms with Gasteiger partial charge in [0.25, 0.3) is 0 Å². The van der Waals surface area contributed by atoms with Gasteiger partial charge in [0, 0.05) is 75.1 Å². The molecule has 1 aliphatic heterocycles. The highest BCUT2D eigenvalue weighted by Crippen LogP contribution is 2.22. The molecule has 0 saturated carbocycles. The molecule has 0 unspecified atom stereocenters. The first-order chi connectivity index (χ1) is 24.2. The summed E-state index contributed by atoms with van der Waals surface area (Å²) in [6.07, 6.45) is 2.71. The van der Waals surface area contributed by atoms with Gasteiger partial charge in [0.1, 0.15) is 0 Å². The molecule has 0 aliphatic carbocycles. The van der Waals surface area contributed by atoms with E-state index in [4.69, 9.17) is 28.2 Å². The summed E-state index contributed by atoms with van der Waals surface area (Å²) in [5.41, 5.74) is 4.78. The van der Waals surface area contributed by atoms with E-state index >= 15 is 0 Å². The zero-order valence-corrected chi connectivity index (χ0v) is 29.1. The molecule has 0 N–H and O–H groups in total. The Kier molecular flexibility index (Phi) is 15.6. The van der Waals surface area contributed by atoms with Crippen LogP contribution in [0.4, 0.5) is 9.59 Å². The molecule has 1 saturated heterocycles. The fourth-order valence-corrected chi connectivity index (χ4v) is 5.84. The number of halogens is 2. The third kappa shape index (κ3) is 11.1. The van der Waals surface area contributed by atoms with Crippen LogP contribution in [0.2, 0.25) is 10.0 Å². The topological polar surface area (TPSA) is 131 Å². The highest BCUT2D eigenvalue weighted by atomic mass is 35.5. The Morgan fingerprint density at radius 3 is 2.21 bits per heavy atom. The highest BCUT2D eigenvalue weighted by Gasteiger charge is 2.24. The van der Waals surface area contributed by atoms with Crippen LogP contribution in [0.25, 0.3) is 10.9 Å². The molecule has 3 aromatic carbocycles. The molecule has 7 rings (SSSR count). The van der Waals surface area contributed by atoms with Crippen LogP contribution in [0.1, 0.15) is 50.6 Å². The van der Waals surface area contributed by atoms with Gasteiger partial charge >= 0.3 is 12.1 Å². The van der Waals surface area contributed by atoms with E-state index < -0.39 is 0 Å². The first kappa shape index (κ1) is 42.2. The number of pyridine rings is 1. The minimum atomic E-state index is -0.278. The zero-order valence-electron chi connectivity index (χ0n) is 27.6. The lowest BCUT2D eigenvalue weighted by molar-refractivity contribution is 0.131. The van der Waals surface area contributed by atoms with E-state index in [0.29, 0.717) is 41.8 Å². The van der Waals surface area contributed by atoms with Crippen LogP contribution in [0, 0.1) is 0 Å². The van der Waals surface area contributed by atoms with Crippen LogP contribution >= 0.6 is 23.2 Å². The van der Waals surface area contributed by atoms with Crippen molar-refractivity contribution in [3.63, 3.8) is 0 Å². The predicted octanol–water partition coefficient (Wildman–Crippen LogP) is 7.21. The third-order valence-electron chi connectivity index (χ3n) is 8.02. The number of nitrogens with zero attached hydrogens (tertiary/aromatic N) is 11. The molecule has 2 amide bonds. The predicted molar refractivity (Wildman–Crippen MR) is 210 cm³/mol. The molecule has 15 heteroatoms. The van der Waals surface area contributed by atoms with Crippen molar-refractivity contribution >= 4 is 46.2 Å². The summed E-state index contributed by atoms with van der Waals surface area (Å²) in [5.74, 6) is 0.425. The minimum Gasteiger partial charge on any atom is -0.329 e. The monoisotopic (exact) mass is 759 g/mol. The van der Waals surface area contributed by atoms with Crippen LogP contribution in [0.5, 0.6) is 0 Å². The Hall–Kier alpha value is -5.24. The number of hydrogen-bond donors (Lipinski definition) is 0. The van der Waals surface area contributed by atoms with E-state index in [2.05, 4.69) is 48.8 Å². The van der Waals surface area contributed by atoms with Crippen molar-refractivity contribution in [1.82, 2.24) is 54.9 Å².